The molecule has 9 nitrogen and oxygen atoms in total. The van der Waals surface area contributed by atoms with Crippen LogP contribution in [0.1, 0.15) is 25.8 Å². The summed E-state index contributed by atoms with van der Waals surface area (Å²) in [6.07, 6.45) is 2.01. The normalized spacial score (nSPS) is 30.9. The molecule has 4 heterocycles. The number of aliphatic hydroxyl groups excluding tert-OH is 1. The van der Waals surface area contributed by atoms with Crippen LogP contribution < -0.4 is 5.32 Å². The van der Waals surface area contributed by atoms with Gasteiger partial charge >= 0.3 is 0 Å². The smallest absolute Gasteiger partial charge is 0.183 e. The van der Waals surface area contributed by atoms with Crippen LogP contribution in [-0.2, 0) is 11.3 Å². The van der Waals surface area contributed by atoms with Crippen molar-refractivity contribution in [2.45, 2.75) is 44.0 Å². The number of fused-ring (bicyclic) bond motifs is 1. The quantitative estimate of drug-likeness (QED) is 0.611. The van der Waals surface area contributed by atoms with Gasteiger partial charge in [0.1, 0.15) is 23.8 Å². The second-order valence-corrected chi connectivity index (χ2v) is 6.86. The SMILES string of the molecule is C[C@]1(F)[C@H](n2cnc3c(NCc4ccco4)ncnc32)O[C@H](CO)[C@@]1(C)O. The Bertz CT molecular complexity index is 940. The first-order valence-electron chi connectivity index (χ1n) is 8.47. The third-order valence-corrected chi connectivity index (χ3v) is 5.16. The Labute approximate surface area is 153 Å². The standard InChI is InChI=1S/C17H20FN5O4/c1-16(18)15(27-11(7-24)17(16,2)25)23-9-22-12-13(20-8-21-14(12)23)19-6-10-4-3-5-26-10/h3-5,8-9,11,15,24-25H,6-7H2,1-2H3,(H,19,20,21)/t11-,15-,16+,17-/m1/s1. The number of hydrogen-bond acceptors (Lipinski definition) is 8. The summed E-state index contributed by atoms with van der Waals surface area (Å²) >= 11 is 0. The third-order valence-electron chi connectivity index (χ3n) is 5.16. The highest BCUT2D eigenvalue weighted by atomic mass is 19.1. The van der Waals surface area contributed by atoms with E-state index in [0.29, 0.717) is 23.5 Å². The second kappa shape index (κ2) is 6.25. The Hall–Kier alpha value is -2.56. The van der Waals surface area contributed by atoms with Crippen molar-refractivity contribution < 1.29 is 23.8 Å². The van der Waals surface area contributed by atoms with Gasteiger partial charge in [0.2, 0.25) is 0 Å². The maximum Gasteiger partial charge on any atom is 0.183 e. The van der Waals surface area contributed by atoms with E-state index in [1.165, 1.54) is 31.1 Å². The lowest BCUT2D eigenvalue weighted by molar-refractivity contribution is -0.0891. The Kier molecular flexibility index (Phi) is 4.13. The molecule has 0 aromatic carbocycles. The van der Waals surface area contributed by atoms with E-state index in [0.717, 1.165) is 5.76 Å². The molecule has 0 spiro atoms. The minimum Gasteiger partial charge on any atom is -0.467 e. The molecule has 1 aliphatic heterocycles. The van der Waals surface area contributed by atoms with Gasteiger partial charge in [0.15, 0.2) is 28.9 Å². The number of imidazole rings is 1. The Balaban J connectivity index is 1.69. The lowest BCUT2D eigenvalue weighted by Crippen LogP contribution is -2.51. The highest BCUT2D eigenvalue weighted by molar-refractivity contribution is 5.82. The van der Waals surface area contributed by atoms with Crippen LogP contribution in [0.25, 0.3) is 11.2 Å². The van der Waals surface area contributed by atoms with Crippen molar-refractivity contribution in [3.05, 3.63) is 36.8 Å². The summed E-state index contributed by atoms with van der Waals surface area (Å²) in [5, 5.41) is 23.1. The number of aromatic nitrogens is 4. The van der Waals surface area contributed by atoms with E-state index < -0.39 is 30.2 Å². The fraction of sp³-hybridized carbons (Fsp3) is 0.471. The number of anilines is 1. The molecule has 4 rings (SSSR count). The van der Waals surface area contributed by atoms with Crippen molar-refractivity contribution in [3.63, 3.8) is 0 Å². The molecule has 0 radical (unpaired) electrons. The number of alkyl halides is 1. The van der Waals surface area contributed by atoms with E-state index in [4.69, 9.17) is 9.15 Å². The number of ether oxygens (including phenoxy) is 1. The van der Waals surface area contributed by atoms with E-state index >= 15 is 4.39 Å². The molecule has 3 aromatic rings. The topological polar surface area (TPSA) is 118 Å². The fourth-order valence-electron chi connectivity index (χ4n) is 3.27. The van der Waals surface area contributed by atoms with E-state index in [1.807, 2.05) is 6.07 Å². The van der Waals surface area contributed by atoms with E-state index in [1.54, 1.807) is 12.3 Å². The Morgan fingerprint density at radius 1 is 1.33 bits per heavy atom. The number of nitrogens with one attached hydrogen (secondary N) is 1. The van der Waals surface area contributed by atoms with Gasteiger partial charge in [-0.3, -0.25) is 4.57 Å². The lowest BCUT2D eigenvalue weighted by atomic mass is 9.85. The van der Waals surface area contributed by atoms with Crippen molar-refractivity contribution >= 4 is 17.0 Å². The molecule has 10 heteroatoms. The predicted molar refractivity (Wildman–Crippen MR) is 92.5 cm³/mol. The average molecular weight is 377 g/mol. The number of halogens is 1. The zero-order chi connectivity index (χ0) is 19.2. The summed E-state index contributed by atoms with van der Waals surface area (Å²) in [6, 6.07) is 3.60. The van der Waals surface area contributed by atoms with Gasteiger partial charge in [-0.25, -0.2) is 19.3 Å². The average Bonchev–Trinajstić information content (AvgIpc) is 3.33. The summed E-state index contributed by atoms with van der Waals surface area (Å²) in [6.45, 7) is 2.42. The van der Waals surface area contributed by atoms with Crippen LogP contribution in [0.4, 0.5) is 10.2 Å². The largest absolute Gasteiger partial charge is 0.467 e. The van der Waals surface area contributed by atoms with Gasteiger partial charge in [0.25, 0.3) is 0 Å². The molecule has 3 aromatic heterocycles. The summed E-state index contributed by atoms with van der Waals surface area (Å²) in [5.74, 6) is 1.18. The molecule has 0 aliphatic carbocycles. The fourth-order valence-corrected chi connectivity index (χ4v) is 3.27. The maximum atomic E-state index is 15.4. The summed E-state index contributed by atoms with van der Waals surface area (Å²) < 4.78 is 27.7. The molecule has 4 atom stereocenters. The van der Waals surface area contributed by atoms with Gasteiger partial charge in [-0.15, -0.1) is 0 Å². The number of nitrogens with zero attached hydrogens (tertiary/aromatic N) is 4. The molecule has 1 aliphatic rings. The highest BCUT2D eigenvalue weighted by Gasteiger charge is 2.63. The summed E-state index contributed by atoms with van der Waals surface area (Å²) in [4.78, 5) is 12.7. The van der Waals surface area contributed by atoms with Gasteiger partial charge in [-0.05, 0) is 26.0 Å². The Morgan fingerprint density at radius 2 is 2.15 bits per heavy atom. The number of aliphatic hydroxyl groups is 2. The van der Waals surface area contributed by atoms with Crippen LogP contribution in [0.3, 0.4) is 0 Å². The van der Waals surface area contributed by atoms with Crippen LogP contribution in [0.15, 0.2) is 35.5 Å². The highest BCUT2D eigenvalue weighted by Crippen LogP contribution is 2.48. The van der Waals surface area contributed by atoms with E-state index in [9.17, 15) is 10.2 Å². The van der Waals surface area contributed by atoms with E-state index in [-0.39, 0.29) is 0 Å². The Morgan fingerprint density at radius 3 is 2.81 bits per heavy atom. The van der Waals surface area contributed by atoms with Gasteiger partial charge in [-0.2, -0.15) is 0 Å². The molecular formula is C17H20FN5O4. The first-order chi connectivity index (χ1) is 12.9. The molecule has 0 bridgehead atoms. The van der Waals surface area contributed by atoms with Gasteiger partial charge < -0.3 is 24.7 Å². The second-order valence-electron chi connectivity index (χ2n) is 6.86. The predicted octanol–water partition coefficient (Wildman–Crippen LogP) is 1.40. The molecule has 0 unspecified atom stereocenters. The third kappa shape index (κ3) is 2.68. The zero-order valence-electron chi connectivity index (χ0n) is 14.8. The van der Waals surface area contributed by atoms with Crippen LogP contribution in [0.5, 0.6) is 0 Å². The van der Waals surface area contributed by atoms with Gasteiger partial charge in [0, 0.05) is 0 Å². The molecule has 1 fully saturated rings. The molecule has 27 heavy (non-hydrogen) atoms. The summed E-state index contributed by atoms with van der Waals surface area (Å²) in [5.41, 5.74) is -3.29. The number of hydrogen-bond donors (Lipinski definition) is 3. The number of furan rings is 1. The van der Waals surface area contributed by atoms with Crippen molar-refractivity contribution in [3.8, 4) is 0 Å². The molecule has 0 saturated carbocycles. The van der Waals surface area contributed by atoms with Crippen molar-refractivity contribution in [2.75, 3.05) is 11.9 Å². The van der Waals surface area contributed by atoms with Crippen LogP contribution in [0.2, 0.25) is 0 Å². The van der Waals surface area contributed by atoms with Crippen LogP contribution in [0, 0.1) is 0 Å². The maximum absolute atomic E-state index is 15.4. The first kappa shape index (κ1) is 17.8. The number of rotatable bonds is 5. The van der Waals surface area contributed by atoms with Gasteiger partial charge in [-0.1, -0.05) is 0 Å². The minimum atomic E-state index is -2.18. The lowest BCUT2D eigenvalue weighted by Gasteiger charge is -2.32. The molecular weight excluding hydrogens is 357 g/mol. The van der Waals surface area contributed by atoms with Crippen molar-refractivity contribution in [2.24, 2.45) is 0 Å². The van der Waals surface area contributed by atoms with Crippen LogP contribution >= 0.6 is 0 Å². The monoisotopic (exact) mass is 377 g/mol. The van der Waals surface area contributed by atoms with Crippen LogP contribution in [-0.4, -0.2) is 53.7 Å². The van der Waals surface area contributed by atoms with Gasteiger partial charge in [0.05, 0.1) is 25.7 Å². The molecule has 0 amide bonds. The molecule has 144 valence electrons. The zero-order valence-corrected chi connectivity index (χ0v) is 14.8. The van der Waals surface area contributed by atoms with Crippen molar-refractivity contribution in [1.82, 2.24) is 19.5 Å². The summed E-state index contributed by atoms with van der Waals surface area (Å²) in [7, 11) is 0. The minimum absolute atomic E-state index is 0.343. The molecule has 1 saturated heterocycles. The first-order valence-corrected chi connectivity index (χ1v) is 8.47. The van der Waals surface area contributed by atoms with Crippen molar-refractivity contribution in [1.29, 1.82) is 0 Å². The molecule has 3 N–H and O–H groups in total. The van der Waals surface area contributed by atoms with E-state index in [2.05, 4.69) is 20.3 Å².